The maximum Gasteiger partial charge on any atom is 0.123 e. The molecular weight excluding hydrogens is 267 g/mol. The van der Waals surface area contributed by atoms with Gasteiger partial charge in [-0.05, 0) is 59.7 Å². The minimum absolute atomic E-state index is 0.241. The lowest BCUT2D eigenvalue weighted by molar-refractivity contribution is 0.475. The zero-order valence-corrected chi connectivity index (χ0v) is 11.1. The molecule has 0 aliphatic carbocycles. The highest BCUT2D eigenvalue weighted by molar-refractivity contribution is 5.71. The monoisotopic (exact) mass is 280 g/mol. The smallest absolute Gasteiger partial charge is 0.123 e. The number of halogens is 1. The SMILES string of the molecule is Oc1ccc(C=Cc2cc(-c3ccc(F)cc3)[nH]n2)cc1. The molecule has 2 N–H and O–H groups in total. The highest BCUT2D eigenvalue weighted by atomic mass is 19.1. The fourth-order valence-corrected chi connectivity index (χ4v) is 1.97. The summed E-state index contributed by atoms with van der Waals surface area (Å²) < 4.78 is 12.9. The number of phenolic OH excluding ortho intramolecular Hbond substituents is 1. The molecule has 0 bridgehead atoms. The number of nitrogens with zero attached hydrogens (tertiary/aromatic N) is 1. The zero-order valence-electron chi connectivity index (χ0n) is 11.1. The van der Waals surface area contributed by atoms with Crippen LogP contribution in [0.15, 0.2) is 54.6 Å². The summed E-state index contributed by atoms with van der Waals surface area (Å²) in [6.07, 6.45) is 3.78. The molecule has 0 amide bonds. The standard InChI is InChI=1S/C17H13FN2O/c18-14-6-4-13(5-7-14)17-11-15(19-20-17)8-1-12-2-9-16(21)10-3-12/h1-11,21H,(H,19,20). The average molecular weight is 280 g/mol. The summed E-state index contributed by atoms with van der Waals surface area (Å²) in [5.74, 6) is -0.0174. The third kappa shape index (κ3) is 3.17. The van der Waals surface area contributed by atoms with Gasteiger partial charge in [-0.3, -0.25) is 5.10 Å². The lowest BCUT2D eigenvalue weighted by atomic mass is 10.1. The van der Waals surface area contributed by atoms with E-state index < -0.39 is 0 Å². The van der Waals surface area contributed by atoms with Gasteiger partial charge in [-0.15, -0.1) is 0 Å². The van der Waals surface area contributed by atoms with Gasteiger partial charge in [-0.2, -0.15) is 5.10 Å². The Labute approximate surface area is 121 Å². The van der Waals surface area contributed by atoms with Gasteiger partial charge in [0.15, 0.2) is 0 Å². The van der Waals surface area contributed by atoms with Crippen LogP contribution in [0.2, 0.25) is 0 Å². The van der Waals surface area contributed by atoms with Gasteiger partial charge in [0, 0.05) is 0 Å². The number of hydrogen-bond donors (Lipinski definition) is 2. The number of H-pyrrole nitrogens is 1. The van der Waals surface area contributed by atoms with Crippen molar-refractivity contribution in [2.24, 2.45) is 0 Å². The van der Waals surface area contributed by atoms with Gasteiger partial charge in [-0.1, -0.05) is 18.2 Å². The van der Waals surface area contributed by atoms with Crippen molar-refractivity contribution in [3.63, 3.8) is 0 Å². The van der Waals surface area contributed by atoms with Crippen molar-refractivity contribution in [1.82, 2.24) is 10.2 Å². The van der Waals surface area contributed by atoms with Gasteiger partial charge in [-0.25, -0.2) is 4.39 Å². The number of rotatable bonds is 3. The molecule has 3 aromatic rings. The van der Waals surface area contributed by atoms with Crippen LogP contribution < -0.4 is 0 Å². The highest BCUT2D eigenvalue weighted by Gasteiger charge is 2.01. The first-order chi connectivity index (χ1) is 10.2. The fraction of sp³-hybridized carbons (Fsp3) is 0. The maximum absolute atomic E-state index is 12.9. The van der Waals surface area contributed by atoms with E-state index in [0.717, 1.165) is 22.5 Å². The van der Waals surface area contributed by atoms with E-state index in [1.165, 1.54) is 12.1 Å². The van der Waals surface area contributed by atoms with Gasteiger partial charge >= 0.3 is 0 Å². The molecule has 0 saturated carbocycles. The van der Waals surface area contributed by atoms with E-state index in [9.17, 15) is 9.50 Å². The number of benzene rings is 2. The van der Waals surface area contributed by atoms with E-state index in [1.807, 2.05) is 30.4 Å². The van der Waals surface area contributed by atoms with Crippen LogP contribution in [0.1, 0.15) is 11.3 Å². The Morgan fingerprint density at radius 1 is 0.952 bits per heavy atom. The quantitative estimate of drug-likeness (QED) is 0.759. The van der Waals surface area contributed by atoms with Crippen molar-refractivity contribution in [2.75, 3.05) is 0 Å². The predicted molar refractivity (Wildman–Crippen MR) is 81.0 cm³/mol. The lowest BCUT2D eigenvalue weighted by Crippen LogP contribution is -1.78. The van der Waals surface area contributed by atoms with Crippen molar-refractivity contribution in [1.29, 1.82) is 0 Å². The Morgan fingerprint density at radius 3 is 2.38 bits per heavy atom. The van der Waals surface area contributed by atoms with Gasteiger partial charge < -0.3 is 5.11 Å². The first kappa shape index (κ1) is 13.1. The predicted octanol–water partition coefficient (Wildman–Crippen LogP) is 4.09. The number of nitrogens with one attached hydrogen (secondary N) is 1. The molecule has 0 aliphatic rings. The van der Waals surface area contributed by atoms with Crippen molar-refractivity contribution in [3.8, 4) is 17.0 Å². The van der Waals surface area contributed by atoms with Crippen LogP contribution in [-0.4, -0.2) is 15.3 Å². The van der Waals surface area contributed by atoms with Crippen molar-refractivity contribution in [3.05, 3.63) is 71.7 Å². The molecule has 3 rings (SSSR count). The zero-order chi connectivity index (χ0) is 14.7. The van der Waals surface area contributed by atoms with Crippen LogP contribution in [0, 0.1) is 5.82 Å². The van der Waals surface area contributed by atoms with Crippen LogP contribution >= 0.6 is 0 Å². The number of aromatic hydroxyl groups is 1. The molecule has 104 valence electrons. The number of phenols is 1. The topological polar surface area (TPSA) is 48.9 Å². The minimum atomic E-state index is -0.259. The van der Waals surface area contributed by atoms with E-state index in [1.54, 1.807) is 24.3 Å². The molecule has 0 radical (unpaired) electrons. The van der Waals surface area contributed by atoms with E-state index in [4.69, 9.17) is 0 Å². The summed E-state index contributed by atoms with van der Waals surface area (Å²) >= 11 is 0. The van der Waals surface area contributed by atoms with Crippen molar-refractivity contribution in [2.45, 2.75) is 0 Å². The maximum atomic E-state index is 12.9. The second kappa shape index (κ2) is 5.63. The first-order valence-electron chi connectivity index (χ1n) is 6.49. The Kier molecular flexibility index (Phi) is 3.51. The summed E-state index contributed by atoms with van der Waals surface area (Å²) in [6, 6.07) is 15.0. The normalized spacial score (nSPS) is 11.1. The second-order valence-electron chi connectivity index (χ2n) is 4.64. The van der Waals surface area contributed by atoms with Crippen LogP contribution in [0.3, 0.4) is 0 Å². The van der Waals surface area contributed by atoms with Gasteiger partial charge in [0.1, 0.15) is 11.6 Å². The molecule has 2 aromatic carbocycles. The first-order valence-corrected chi connectivity index (χ1v) is 6.49. The minimum Gasteiger partial charge on any atom is -0.508 e. The third-order valence-electron chi connectivity index (χ3n) is 3.09. The molecule has 0 fully saturated rings. The van der Waals surface area contributed by atoms with Crippen LogP contribution in [0.25, 0.3) is 23.4 Å². The Balaban J connectivity index is 1.78. The Morgan fingerprint density at radius 2 is 1.67 bits per heavy atom. The van der Waals surface area contributed by atoms with E-state index in [0.29, 0.717) is 0 Å². The summed E-state index contributed by atoms with van der Waals surface area (Å²) in [6.45, 7) is 0. The molecule has 4 heteroatoms. The van der Waals surface area contributed by atoms with E-state index >= 15 is 0 Å². The third-order valence-corrected chi connectivity index (χ3v) is 3.09. The average Bonchev–Trinajstić information content (AvgIpc) is 2.96. The fourth-order valence-electron chi connectivity index (χ4n) is 1.97. The Hall–Kier alpha value is -2.88. The highest BCUT2D eigenvalue weighted by Crippen LogP contribution is 2.19. The molecule has 0 unspecified atom stereocenters. The Bertz CT molecular complexity index is 758. The molecular formula is C17H13FN2O. The molecule has 21 heavy (non-hydrogen) atoms. The summed E-state index contributed by atoms with van der Waals surface area (Å²) in [4.78, 5) is 0. The summed E-state index contributed by atoms with van der Waals surface area (Å²) in [5, 5.41) is 16.3. The largest absolute Gasteiger partial charge is 0.508 e. The molecule has 1 aromatic heterocycles. The number of aromatic nitrogens is 2. The molecule has 0 atom stereocenters. The number of aromatic amines is 1. The summed E-state index contributed by atoms with van der Waals surface area (Å²) in [5.41, 5.74) is 3.47. The van der Waals surface area contributed by atoms with Gasteiger partial charge in [0.25, 0.3) is 0 Å². The second-order valence-corrected chi connectivity index (χ2v) is 4.64. The molecule has 0 saturated heterocycles. The molecule has 1 heterocycles. The van der Waals surface area contributed by atoms with Crippen molar-refractivity contribution >= 4 is 12.2 Å². The van der Waals surface area contributed by atoms with Crippen molar-refractivity contribution < 1.29 is 9.50 Å². The van der Waals surface area contributed by atoms with Crippen LogP contribution in [0.4, 0.5) is 4.39 Å². The molecule has 0 spiro atoms. The van der Waals surface area contributed by atoms with Crippen LogP contribution in [0.5, 0.6) is 5.75 Å². The molecule has 0 aliphatic heterocycles. The van der Waals surface area contributed by atoms with E-state index in [-0.39, 0.29) is 11.6 Å². The lowest BCUT2D eigenvalue weighted by Gasteiger charge is -1.95. The molecule has 3 nitrogen and oxygen atoms in total. The van der Waals surface area contributed by atoms with Gasteiger partial charge in [0.05, 0.1) is 11.4 Å². The number of hydrogen-bond acceptors (Lipinski definition) is 2. The van der Waals surface area contributed by atoms with E-state index in [2.05, 4.69) is 10.2 Å². The summed E-state index contributed by atoms with van der Waals surface area (Å²) in [7, 11) is 0. The van der Waals surface area contributed by atoms with Crippen LogP contribution in [-0.2, 0) is 0 Å². The van der Waals surface area contributed by atoms with Gasteiger partial charge in [0.2, 0.25) is 0 Å².